The molecule has 31 heavy (non-hydrogen) atoms. The smallest absolute Gasteiger partial charge is 0.257 e. The Morgan fingerprint density at radius 3 is 2.68 bits per heavy atom. The van der Waals surface area contributed by atoms with E-state index in [-0.39, 0.29) is 23.5 Å². The Labute approximate surface area is 181 Å². The first-order valence-electron chi connectivity index (χ1n) is 9.58. The molecule has 0 saturated heterocycles. The third-order valence-corrected chi connectivity index (χ3v) is 5.82. The number of anilines is 2. The summed E-state index contributed by atoms with van der Waals surface area (Å²) in [6.07, 6.45) is -0.228. The summed E-state index contributed by atoms with van der Waals surface area (Å²) in [5.41, 5.74) is 1.74. The van der Waals surface area contributed by atoms with Crippen LogP contribution in [0.15, 0.2) is 58.5 Å². The van der Waals surface area contributed by atoms with Crippen molar-refractivity contribution in [2.24, 2.45) is 0 Å². The summed E-state index contributed by atoms with van der Waals surface area (Å²) in [6.45, 7) is 2.00. The topological polar surface area (TPSA) is 104 Å². The van der Waals surface area contributed by atoms with Crippen molar-refractivity contribution in [1.82, 2.24) is 9.97 Å². The number of aryl methyl sites for hydroxylation is 1. The maximum atomic E-state index is 13.9. The van der Waals surface area contributed by atoms with Gasteiger partial charge in [0.15, 0.2) is 5.16 Å². The molecule has 3 N–H and O–H groups in total. The number of rotatable bonds is 5. The molecule has 0 saturated carbocycles. The van der Waals surface area contributed by atoms with Gasteiger partial charge in [-0.2, -0.15) is 0 Å². The highest BCUT2D eigenvalue weighted by molar-refractivity contribution is 7.98. The van der Waals surface area contributed by atoms with Crippen molar-refractivity contribution in [2.75, 3.05) is 10.6 Å². The molecule has 1 aliphatic heterocycles. The number of hydrogen-bond acceptors (Lipinski definition) is 5. The zero-order valence-corrected chi connectivity index (χ0v) is 17.4. The molecule has 7 nitrogen and oxygen atoms in total. The van der Waals surface area contributed by atoms with Crippen LogP contribution in [0.5, 0.6) is 0 Å². The number of carbonyl (C=O) groups is 2. The first-order chi connectivity index (χ1) is 14.9. The van der Waals surface area contributed by atoms with E-state index in [1.54, 1.807) is 6.07 Å². The molecule has 9 heteroatoms. The van der Waals surface area contributed by atoms with Crippen LogP contribution in [0.3, 0.4) is 0 Å². The highest BCUT2D eigenvalue weighted by Crippen LogP contribution is 2.31. The summed E-state index contributed by atoms with van der Waals surface area (Å²) in [7, 11) is 0. The van der Waals surface area contributed by atoms with Crippen LogP contribution in [0.4, 0.5) is 15.9 Å². The number of para-hydroxylation sites is 1. The lowest BCUT2D eigenvalue weighted by Gasteiger charge is -2.23. The number of halogens is 1. The third kappa shape index (κ3) is 4.66. The average molecular weight is 438 g/mol. The summed E-state index contributed by atoms with van der Waals surface area (Å²) in [4.78, 5) is 44.7. The van der Waals surface area contributed by atoms with Crippen LogP contribution in [-0.2, 0) is 15.3 Å². The molecule has 158 valence electrons. The second kappa shape index (κ2) is 8.73. The summed E-state index contributed by atoms with van der Waals surface area (Å²) >= 11 is 1.31. The molecule has 2 aromatic carbocycles. The van der Waals surface area contributed by atoms with Gasteiger partial charge < -0.3 is 15.6 Å². The molecule has 0 radical (unpaired) electrons. The molecular weight excluding hydrogens is 419 g/mol. The van der Waals surface area contributed by atoms with Crippen molar-refractivity contribution in [1.29, 1.82) is 0 Å². The number of amides is 2. The molecule has 0 spiro atoms. The van der Waals surface area contributed by atoms with Gasteiger partial charge in [0, 0.05) is 12.2 Å². The van der Waals surface area contributed by atoms with E-state index in [1.807, 2.05) is 31.2 Å². The molecule has 2 heterocycles. The van der Waals surface area contributed by atoms with E-state index < -0.39 is 29.1 Å². The van der Waals surface area contributed by atoms with Crippen LogP contribution < -0.4 is 16.2 Å². The van der Waals surface area contributed by atoms with Gasteiger partial charge in [-0.1, -0.05) is 53.7 Å². The van der Waals surface area contributed by atoms with Gasteiger partial charge in [0.2, 0.25) is 11.8 Å². The highest BCUT2D eigenvalue weighted by Gasteiger charge is 2.35. The Hall–Kier alpha value is -3.46. The molecule has 4 rings (SSSR count). The van der Waals surface area contributed by atoms with Gasteiger partial charge in [0.05, 0.1) is 17.2 Å². The Bertz CT molecular complexity index is 1210. The minimum absolute atomic E-state index is 0.0188. The number of H-pyrrole nitrogens is 1. The second-order valence-corrected chi connectivity index (χ2v) is 8.15. The van der Waals surface area contributed by atoms with E-state index in [2.05, 4.69) is 20.6 Å². The molecular formula is C22H19FN4O3S. The third-order valence-electron chi connectivity index (χ3n) is 4.87. The Morgan fingerprint density at radius 2 is 1.94 bits per heavy atom. The van der Waals surface area contributed by atoms with Crippen molar-refractivity contribution < 1.29 is 14.0 Å². The average Bonchev–Trinajstić information content (AvgIpc) is 2.74. The largest absolute Gasteiger partial charge is 0.323 e. The van der Waals surface area contributed by atoms with E-state index in [0.717, 1.165) is 11.1 Å². The van der Waals surface area contributed by atoms with Crippen LogP contribution in [-0.4, -0.2) is 21.8 Å². The van der Waals surface area contributed by atoms with Crippen molar-refractivity contribution in [3.63, 3.8) is 0 Å². The fraction of sp³-hybridized carbons (Fsp3) is 0.182. The lowest BCUT2D eigenvalue weighted by atomic mass is 9.92. The van der Waals surface area contributed by atoms with Gasteiger partial charge in [0.1, 0.15) is 11.6 Å². The molecule has 0 fully saturated rings. The number of nitrogens with zero attached hydrogens (tertiary/aromatic N) is 1. The summed E-state index contributed by atoms with van der Waals surface area (Å²) in [5, 5.41) is 5.36. The van der Waals surface area contributed by atoms with E-state index in [9.17, 15) is 18.8 Å². The maximum absolute atomic E-state index is 13.9. The van der Waals surface area contributed by atoms with Gasteiger partial charge in [0.25, 0.3) is 5.56 Å². The van der Waals surface area contributed by atoms with Crippen molar-refractivity contribution >= 4 is 35.1 Å². The lowest BCUT2D eigenvalue weighted by Crippen LogP contribution is -2.36. The minimum Gasteiger partial charge on any atom is -0.323 e. The number of nitrogens with one attached hydrogen (secondary N) is 3. The highest BCUT2D eigenvalue weighted by atomic mass is 32.2. The zero-order valence-electron chi connectivity index (χ0n) is 16.6. The van der Waals surface area contributed by atoms with E-state index in [4.69, 9.17) is 0 Å². The molecule has 1 aromatic heterocycles. The molecule has 2 amide bonds. The first kappa shape index (κ1) is 20.8. The number of hydrogen-bond donors (Lipinski definition) is 3. The fourth-order valence-electron chi connectivity index (χ4n) is 3.26. The number of fused-ring (bicyclic) bond motifs is 1. The first-order valence-corrected chi connectivity index (χ1v) is 10.6. The number of aromatic nitrogens is 2. The van der Waals surface area contributed by atoms with Gasteiger partial charge in [-0.05, 0) is 24.6 Å². The number of benzene rings is 2. The zero-order chi connectivity index (χ0) is 22.0. The number of thioether (sulfide) groups is 1. The number of carbonyl (C=O) groups excluding carboxylic acids is 2. The van der Waals surface area contributed by atoms with Crippen LogP contribution in [0.1, 0.15) is 29.0 Å². The lowest BCUT2D eigenvalue weighted by molar-refractivity contribution is -0.123. The molecule has 1 atom stereocenters. The second-order valence-electron chi connectivity index (χ2n) is 7.18. The predicted molar refractivity (Wildman–Crippen MR) is 117 cm³/mol. The quantitative estimate of drug-likeness (QED) is 0.417. The van der Waals surface area contributed by atoms with Crippen molar-refractivity contribution in [2.45, 2.75) is 30.2 Å². The molecule has 3 aromatic rings. The van der Waals surface area contributed by atoms with Crippen molar-refractivity contribution in [3.8, 4) is 0 Å². The summed E-state index contributed by atoms with van der Waals surface area (Å²) < 4.78 is 13.9. The maximum Gasteiger partial charge on any atom is 0.257 e. The standard InChI is InChI=1S/C22H19FN4O3S/c1-12-6-8-13(9-7-12)11-31-22-26-19-18(21(30)27-22)14(10-17(28)25-19)20(29)24-16-5-3-2-4-15(16)23/h2-9,14H,10-11H2,1H3,(H,24,29)(H2,25,26,27,28,30)/t14-/m0/s1. The minimum atomic E-state index is -1.07. The van der Waals surface area contributed by atoms with Crippen LogP contribution in [0.25, 0.3) is 0 Å². The van der Waals surface area contributed by atoms with Crippen LogP contribution >= 0.6 is 11.8 Å². The molecule has 0 aliphatic carbocycles. The molecule has 0 unspecified atom stereocenters. The van der Waals surface area contributed by atoms with Gasteiger partial charge in [-0.3, -0.25) is 14.4 Å². The SMILES string of the molecule is Cc1ccc(CSc2nc3c(c(=O)[nH]2)[C@@H](C(=O)Nc2ccccc2F)CC(=O)N3)cc1. The fourth-order valence-corrected chi connectivity index (χ4v) is 4.08. The van der Waals surface area contributed by atoms with E-state index >= 15 is 0 Å². The van der Waals surface area contributed by atoms with Gasteiger partial charge >= 0.3 is 0 Å². The molecule has 1 aliphatic rings. The Balaban J connectivity index is 1.58. The van der Waals surface area contributed by atoms with E-state index in [1.165, 1.54) is 30.0 Å². The van der Waals surface area contributed by atoms with Crippen LogP contribution in [0, 0.1) is 12.7 Å². The molecule has 0 bridgehead atoms. The Kier molecular flexibility index (Phi) is 5.85. The van der Waals surface area contributed by atoms with E-state index in [0.29, 0.717) is 10.9 Å². The van der Waals surface area contributed by atoms with Gasteiger partial charge in [-0.25, -0.2) is 9.37 Å². The van der Waals surface area contributed by atoms with Crippen molar-refractivity contribution in [3.05, 3.63) is 81.4 Å². The van der Waals surface area contributed by atoms with Crippen LogP contribution in [0.2, 0.25) is 0 Å². The summed E-state index contributed by atoms with van der Waals surface area (Å²) in [5.74, 6) is -2.13. The van der Waals surface area contributed by atoms with Gasteiger partial charge in [-0.15, -0.1) is 0 Å². The summed E-state index contributed by atoms with van der Waals surface area (Å²) in [6, 6.07) is 13.7. The predicted octanol–water partition coefficient (Wildman–Crippen LogP) is 3.57. The monoisotopic (exact) mass is 438 g/mol. The Morgan fingerprint density at radius 1 is 1.19 bits per heavy atom. The normalized spacial score (nSPS) is 15.2. The number of aromatic amines is 1.